The Morgan fingerprint density at radius 1 is 0.521 bits per heavy atom. The number of halogens is 1. The van der Waals surface area contributed by atoms with Gasteiger partial charge in [-0.05, 0) is 133 Å². The smallest absolute Gasteiger partial charge is 0.153 e. The third-order valence-electron chi connectivity index (χ3n) is 15.3. The van der Waals surface area contributed by atoms with Crippen LogP contribution in [0.4, 0.5) is 0 Å². The van der Waals surface area contributed by atoms with Crippen molar-refractivity contribution in [3.05, 3.63) is 97.0 Å². The molecule has 0 saturated heterocycles. The van der Waals surface area contributed by atoms with E-state index in [2.05, 4.69) is 121 Å². The van der Waals surface area contributed by atoms with Gasteiger partial charge in [0, 0.05) is 27.7 Å². The average Bonchev–Trinajstić information content (AvgIpc) is 4.26. The highest BCUT2D eigenvalue weighted by atomic mass is 79.9. The van der Waals surface area contributed by atoms with Gasteiger partial charge in [0.1, 0.15) is 5.75 Å². The fraction of sp³-hybridized carbons (Fsp3) is 0.561. The molecule has 0 saturated carbocycles. The first-order valence-corrected chi connectivity index (χ1v) is 30.2. The predicted molar refractivity (Wildman–Crippen MR) is 318 cm³/mol. The molecule has 0 aliphatic carbocycles. The van der Waals surface area contributed by atoms with Gasteiger partial charge in [0.25, 0.3) is 0 Å². The second kappa shape index (κ2) is 31.9. The van der Waals surface area contributed by atoms with Crippen LogP contribution in [0.25, 0.3) is 46.4 Å². The molecule has 0 fully saturated rings. The zero-order valence-corrected chi connectivity index (χ0v) is 47.7. The van der Waals surface area contributed by atoms with Crippen LogP contribution >= 0.6 is 15.9 Å². The van der Waals surface area contributed by atoms with E-state index in [1.165, 1.54) is 146 Å². The molecule has 73 heavy (non-hydrogen) atoms. The molecule has 7 heteroatoms. The second-order valence-corrected chi connectivity index (χ2v) is 22.0. The Labute approximate surface area is 450 Å². The molecule has 1 aromatic carbocycles. The van der Waals surface area contributed by atoms with Gasteiger partial charge in [0.05, 0.1) is 56.0 Å². The Morgan fingerprint density at radius 2 is 0.918 bits per heavy atom. The summed E-state index contributed by atoms with van der Waals surface area (Å²) in [4.78, 5) is 31.5. The van der Waals surface area contributed by atoms with Crippen molar-refractivity contribution in [3.8, 4) is 17.6 Å². The van der Waals surface area contributed by atoms with Crippen LogP contribution in [0.1, 0.15) is 287 Å². The van der Waals surface area contributed by atoms with Crippen molar-refractivity contribution >= 4 is 68.6 Å². The third-order valence-corrected chi connectivity index (χ3v) is 16.1. The first-order chi connectivity index (χ1) is 35.8. The summed E-state index contributed by atoms with van der Waals surface area (Å²) in [5, 5.41) is 0. The van der Waals surface area contributed by atoms with Crippen molar-refractivity contribution in [1.82, 2.24) is 19.9 Å². The molecule has 8 bridgehead atoms. The second-order valence-electron chi connectivity index (χ2n) is 21.2. The van der Waals surface area contributed by atoms with Crippen LogP contribution in [0.2, 0.25) is 0 Å². The number of hydrogen-bond acceptors (Lipinski definition) is 4. The number of unbranched alkanes of at least 4 members (excludes halogenated alkanes) is 19. The number of carbonyl (C=O) groups is 1. The maximum atomic E-state index is 12.3. The van der Waals surface area contributed by atoms with Crippen LogP contribution in [-0.4, -0.2) is 32.8 Å². The van der Waals surface area contributed by atoms with Gasteiger partial charge in [-0.15, -0.1) is 0 Å². The van der Waals surface area contributed by atoms with E-state index in [0.717, 1.165) is 117 Å². The van der Waals surface area contributed by atoms with Crippen LogP contribution in [0.5, 0.6) is 5.75 Å². The number of nitrogens with zero attached hydrogens (tertiary/aromatic N) is 2. The number of nitrogens with one attached hydrogen (secondary N) is 2. The number of benzene rings is 1. The summed E-state index contributed by atoms with van der Waals surface area (Å²) >= 11 is 4.12. The van der Waals surface area contributed by atoms with Crippen LogP contribution in [-0.2, 0) is 0 Å². The summed E-state index contributed by atoms with van der Waals surface area (Å²) in [5.74, 6) is 8.57. The lowest BCUT2D eigenvalue weighted by atomic mass is 9.87. The third kappa shape index (κ3) is 17.2. The zero-order chi connectivity index (χ0) is 51.6. The topological polar surface area (TPSA) is 83.7 Å². The van der Waals surface area contributed by atoms with E-state index in [4.69, 9.17) is 14.7 Å². The first-order valence-electron chi connectivity index (χ1n) is 29.4. The largest absolute Gasteiger partial charge is 0.493 e. The van der Waals surface area contributed by atoms with Gasteiger partial charge in [-0.2, -0.15) is 0 Å². The molecule has 6 rings (SSSR count). The van der Waals surface area contributed by atoms with Crippen molar-refractivity contribution in [2.24, 2.45) is 0 Å². The normalized spacial score (nSPS) is 12.8. The van der Waals surface area contributed by atoms with Crippen molar-refractivity contribution in [2.45, 2.75) is 233 Å². The van der Waals surface area contributed by atoms with E-state index in [0.29, 0.717) is 29.8 Å². The van der Waals surface area contributed by atoms with E-state index in [1.807, 2.05) is 19.1 Å². The zero-order valence-electron chi connectivity index (χ0n) is 46.1. The van der Waals surface area contributed by atoms with Gasteiger partial charge in [0.2, 0.25) is 0 Å². The molecule has 2 N–H and O–H groups in total. The lowest BCUT2D eigenvalue weighted by molar-refractivity contribution is 0.111. The maximum absolute atomic E-state index is 12.3. The lowest BCUT2D eigenvalue weighted by Gasteiger charge is -2.19. The fourth-order valence-corrected chi connectivity index (χ4v) is 11.4. The highest BCUT2D eigenvalue weighted by molar-refractivity contribution is 9.10. The number of ether oxygens (including phenoxy) is 1. The quantitative estimate of drug-likeness (QED) is 0.0244. The van der Waals surface area contributed by atoms with Crippen LogP contribution < -0.4 is 4.74 Å². The fourth-order valence-electron chi connectivity index (χ4n) is 10.9. The number of hydrogen-bond donors (Lipinski definition) is 2. The average molecular weight is 1050 g/mol. The van der Waals surface area contributed by atoms with Gasteiger partial charge in [-0.1, -0.05) is 194 Å². The summed E-state index contributed by atoms with van der Waals surface area (Å²) in [6, 6.07) is 13.0. The van der Waals surface area contributed by atoms with E-state index < -0.39 is 0 Å². The van der Waals surface area contributed by atoms with E-state index in [1.54, 1.807) is 0 Å². The lowest BCUT2D eigenvalue weighted by Crippen LogP contribution is -2.04. The molecule has 4 aromatic rings. The molecule has 2 aliphatic heterocycles. The number of aromatic amines is 2. The molecule has 0 amide bonds. The molecule has 0 spiro atoms. The standard InChI is InChI=1S/C66H91BrN4O2/c1-7-12-17-22-24-28-33-50(31-26-19-14-9-3)64-57-39-37-55(68-57)54(36-35-52-47-63(53(48-72)46-49(52)6)73-45-30-21-16-11-5)56-38-40-58(69-56)65(51(32-27-20-15-10-4)34-29-25-23-18-13-8-2)60-42-44-62(71-60)66(67)61-43-41-59(64)70-61/h37-44,46-48,50-51,70-71H,7-34,45H2,1-6H3. The summed E-state index contributed by atoms with van der Waals surface area (Å²) in [5.41, 5.74) is 13.8. The number of rotatable bonds is 33. The SMILES string of the molecule is CCCCCCCCC(CCCCCC)c1c2nc(c(C#Cc3cc(OCCCCCC)c(C=O)cc3C)c3nc(c(C(CCCCCC)CCCCCCCC)c4ccc([nH]4)c(Br)c4ccc1[nH]4)C=C3)C=C2. The van der Waals surface area contributed by atoms with Gasteiger partial charge in [-0.3, -0.25) is 4.79 Å². The maximum Gasteiger partial charge on any atom is 0.153 e. The molecule has 5 heterocycles. The van der Waals surface area contributed by atoms with Gasteiger partial charge < -0.3 is 14.7 Å². The van der Waals surface area contributed by atoms with Crippen molar-refractivity contribution in [3.63, 3.8) is 0 Å². The molecule has 3 aromatic heterocycles. The predicted octanol–water partition coefficient (Wildman–Crippen LogP) is 20.5. The summed E-state index contributed by atoms with van der Waals surface area (Å²) < 4.78 is 7.31. The van der Waals surface area contributed by atoms with Gasteiger partial charge in [-0.25, -0.2) is 9.97 Å². The Hall–Kier alpha value is -4.67. The number of H-pyrrole nitrogens is 2. The molecule has 394 valence electrons. The van der Waals surface area contributed by atoms with Gasteiger partial charge >= 0.3 is 0 Å². The molecule has 2 atom stereocenters. The minimum atomic E-state index is 0.350. The van der Waals surface area contributed by atoms with Gasteiger partial charge in [0.15, 0.2) is 6.29 Å². The number of aldehydes is 1. The monoisotopic (exact) mass is 1050 g/mol. The van der Waals surface area contributed by atoms with Crippen LogP contribution in [0.3, 0.4) is 0 Å². The Balaban J connectivity index is 1.60. The Bertz CT molecular complexity index is 2510. The van der Waals surface area contributed by atoms with Crippen molar-refractivity contribution < 1.29 is 9.53 Å². The summed E-state index contributed by atoms with van der Waals surface area (Å²) in [6.45, 7) is 14.0. The Morgan fingerprint density at radius 3 is 1.37 bits per heavy atom. The molecule has 6 nitrogen and oxygen atoms in total. The molecule has 0 radical (unpaired) electrons. The first kappa shape index (κ1) is 57.6. The number of carbonyl (C=O) groups excluding carboxylic acids is 1. The highest BCUT2D eigenvalue weighted by Crippen LogP contribution is 2.39. The summed E-state index contributed by atoms with van der Waals surface area (Å²) in [6.07, 6.45) is 43.8. The van der Waals surface area contributed by atoms with Crippen molar-refractivity contribution in [1.29, 1.82) is 0 Å². The minimum absolute atomic E-state index is 0.350. The van der Waals surface area contributed by atoms with E-state index in [9.17, 15) is 4.79 Å². The van der Waals surface area contributed by atoms with Crippen LogP contribution in [0, 0.1) is 18.8 Å². The number of aromatic nitrogens is 4. The minimum Gasteiger partial charge on any atom is -0.493 e. The molecular formula is C66H91BrN4O2. The van der Waals surface area contributed by atoms with E-state index in [-0.39, 0.29) is 0 Å². The van der Waals surface area contributed by atoms with E-state index >= 15 is 0 Å². The molecule has 2 aliphatic rings. The highest BCUT2D eigenvalue weighted by Gasteiger charge is 2.23. The van der Waals surface area contributed by atoms with Crippen LogP contribution in [0.15, 0.2) is 40.9 Å². The number of aryl methyl sites for hydroxylation is 1. The molecular weight excluding hydrogens is 961 g/mol. The molecule has 2 unspecified atom stereocenters. The van der Waals surface area contributed by atoms with Crippen molar-refractivity contribution in [2.75, 3.05) is 6.61 Å². The number of fused-ring (bicyclic) bond motifs is 8. The Kier molecular flexibility index (Phi) is 25.2. The summed E-state index contributed by atoms with van der Waals surface area (Å²) in [7, 11) is 0.